The van der Waals surface area contributed by atoms with Crippen LogP contribution >= 0.6 is 0 Å². The summed E-state index contributed by atoms with van der Waals surface area (Å²) in [6.45, 7) is 4.51. The van der Waals surface area contributed by atoms with Crippen LogP contribution in [0.2, 0.25) is 0 Å². The number of carbonyl (C=O) groups is 1. The van der Waals surface area contributed by atoms with Crippen LogP contribution < -0.4 is 10.5 Å². The molecule has 0 radical (unpaired) electrons. The minimum atomic E-state index is -3.62. The Kier molecular flexibility index (Phi) is 5.31. The lowest BCUT2D eigenvalue weighted by Gasteiger charge is -2.33. The third-order valence-corrected chi connectivity index (χ3v) is 3.74. The van der Waals surface area contributed by atoms with Crippen molar-refractivity contribution in [1.82, 2.24) is 14.5 Å². The molecule has 1 aliphatic heterocycles. The molecular formula is C9H20N4O3S. The lowest BCUT2D eigenvalue weighted by Crippen LogP contribution is -2.53. The predicted molar refractivity (Wildman–Crippen MR) is 64.4 cm³/mol. The van der Waals surface area contributed by atoms with Crippen LogP contribution in [0.3, 0.4) is 0 Å². The smallest absolute Gasteiger partial charge is 0.277 e. The van der Waals surface area contributed by atoms with Crippen LogP contribution in [0.15, 0.2) is 0 Å². The van der Waals surface area contributed by atoms with Gasteiger partial charge in [0.15, 0.2) is 0 Å². The van der Waals surface area contributed by atoms with E-state index in [-0.39, 0.29) is 19.0 Å². The fourth-order valence-corrected chi connectivity index (χ4v) is 2.35. The van der Waals surface area contributed by atoms with E-state index in [0.717, 1.165) is 13.0 Å². The highest BCUT2D eigenvalue weighted by molar-refractivity contribution is 7.86. The average molecular weight is 264 g/mol. The lowest BCUT2D eigenvalue weighted by molar-refractivity contribution is -0.131. The van der Waals surface area contributed by atoms with Gasteiger partial charge in [0.1, 0.15) is 0 Å². The van der Waals surface area contributed by atoms with Crippen molar-refractivity contribution in [3.63, 3.8) is 0 Å². The second-order valence-corrected chi connectivity index (χ2v) is 5.55. The maximum Gasteiger partial charge on any atom is 0.277 e. The van der Waals surface area contributed by atoms with Gasteiger partial charge in [-0.15, -0.1) is 0 Å². The largest absolute Gasteiger partial charge is 0.339 e. The normalized spacial score (nSPS) is 18.4. The standard InChI is InChI=1S/C9H20N4O3S/c1-2-3-11-8-9(14)12-4-6-13(7-5-12)17(10,15)16/h11H,2-8H2,1H3,(H2,10,15,16). The average Bonchev–Trinajstić information content (AvgIpc) is 2.28. The van der Waals surface area contributed by atoms with Gasteiger partial charge >= 0.3 is 0 Å². The Bertz CT molecular complexity index is 349. The number of nitrogens with one attached hydrogen (secondary N) is 1. The molecule has 0 saturated carbocycles. The van der Waals surface area contributed by atoms with E-state index in [1.54, 1.807) is 4.90 Å². The van der Waals surface area contributed by atoms with Crippen LogP contribution in [0.25, 0.3) is 0 Å². The van der Waals surface area contributed by atoms with Crippen LogP contribution in [0.4, 0.5) is 0 Å². The summed E-state index contributed by atoms with van der Waals surface area (Å²) >= 11 is 0. The van der Waals surface area contributed by atoms with Crippen LogP contribution in [-0.4, -0.2) is 62.8 Å². The van der Waals surface area contributed by atoms with E-state index in [1.807, 2.05) is 6.92 Å². The van der Waals surface area contributed by atoms with Crippen LogP contribution in [0, 0.1) is 0 Å². The second-order valence-electron chi connectivity index (χ2n) is 4.00. The Balaban J connectivity index is 2.34. The molecule has 0 aromatic carbocycles. The van der Waals surface area contributed by atoms with Gasteiger partial charge < -0.3 is 10.2 Å². The Labute approximate surface area is 102 Å². The fraction of sp³-hybridized carbons (Fsp3) is 0.889. The first-order valence-electron chi connectivity index (χ1n) is 5.71. The molecule has 0 unspecified atom stereocenters. The number of hydrogen-bond acceptors (Lipinski definition) is 4. The number of carbonyl (C=O) groups excluding carboxylic acids is 1. The highest BCUT2D eigenvalue weighted by atomic mass is 32.2. The molecule has 1 aliphatic rings. The monoisotopic (exact) mass is 264 g/mol. The van der Waals surface area contributed by atoms with Gasteiger partial charge in [-0.3, -0.25) is 4.79 Å². The van der Waals surface area contributed by atoms with Crippen molar-refractivity contribution in [3.8, 4) is 0 Å². The van der Waals surface area contributed by atoms with Gasteiger partial charge in [0.05, 0.1) is 6.54 Å². The predicted octanol–water partition coefficient (Wildman–Crippen LogP) is -1.67. The summed E-state index contributed by atoms with van der Waals surface area (Å²) in [5, 5.41) is 8.04. The second kappa shape index (κ2) is 6.29. The van der Waals surface area contributed by atoms with Crippen molar-refractivity contribution in [2.24, 2.45) is 5.14 Å². The number of nitrogens with zero attached hydrogens (tertiary/aromatic N) is 2. The molecule has 1 fully saturated rings. The summed E-state index contributed by atoms with van der Waals surface area (Å²) in [4.78, 5) is 13.4. The summed E-state index contributed by atoms with van der Waals surface area (Å²) in [6, 6.07) is 0. The molecule has 0 aromatic rings. The molecule has 17 heavy (non-hydrogen) atoms. The van der Waals surface area contributed by atoms with Crippen molar-refractivity contribution in [2.75, 3.05) is 39.3 Å². The lowest BCUT2D eigenvalue weighted by atomic mass is 10.3. The summed E-state index contributed by atoms with van der Waals surface area (Å²) < 4.78 is 23.3. The molecule has 0 aliphatic carbocycles. The number of rotatable bonds is 5. The molecule has 1 saturated heterocycles. The minimum Gasteiger partial charge on any atom is -0.339 e. The molecule has 1 amide bonds. The van der Waals surface area contributed by atoms with Crippen molar-refractivity contribution < 1.29 is 13.2 Å². The zero-order valence-corrected chi connectivity index (χ0v) is 10.9. The van der Waals surface area contributed by atoms with E-state index in [1.165, 1.54) is 4.31 Å². The number of amides is 1. The van der Waals surface area contributed by atoms with Gasteiger partial charge in [-0.1, -0.05) is 6.92 Å². The summed E-state index contributed by atoms with van der Waals surface area (Å²) in [7, 11) is -3.62. The van der Waals surface area contributed by atoms with Gasteiger partial charge in [-0.25, -0.2) is 5.14 Å². The molecule has 100 valence electrons. The van der Waals surface area contributed by atoms with Crippen LogP contribution in [0.1, 0.15) is 13.3 Å². The quantitative estimate of drug-likeness (QED) is 0.581. The molecule has 3 N–H and O–H groups in total. The van der Waals surface area contributed by atoms with Crippen LogP contribution in [0.5, 0.6) is 0 Å². The molecule has 0 atom stereocenters. The van der Waals surface area contributed by atoms with Crippen LogP contribution in [-0.2, 0) is 15.0 Å². The van der Waals surface area contributed by atoms with Crippen molar-refractivity contribution >= 4 is 16.1 Å². The van der Waals surface area contributed by atoms with E-state index in [2.05, 4.69) is 5.32 Å². The van der Waals surface area contributed by atoms with Gasteiger partial charge in [0, 0.05) is 26.2 Å². The summed E-state index contributed by atoms with van der Waals surface area (Å²) in [6.07, 6.45) is 0.979. The van der Waals surface area contributed by atoms with E-state index in [9.17, 15) is 13.2 Å². The molecule has 0 bridgehead atoms. The Morgan fingerprint density at radius 1 is 1.29 bits per heavy atom. The fourth-order valence-electron chi connectivity index (χ4n) is 1.68. The topological polar surface area (TPSA) is 95.7 Å². The van der Waals surface area contributed by atoms with E-state index in [4.69, 9.17) is 5.14 Å². The Hall–Kier alpha value is -0.700. The number of hydrogen-bond donors (Lipinski definition) is 2. The van der Waals surface area contributed by atoms with E-state index >= 15 is 0 Å². The maximum atomic E-state index is 11.7. The van der Waals surface area contributed by atoms with Crippen molar-refractivity contribution in [2.45, 2.75) is 13.3 Å². The molecule has 0 aromatic heterocycles. The highest BCUT2D eigenvalue weighted by Gasteiger charge is 2.25. The zero-order chi connectivity index (χ0) is 12.9. The van der Waals surface area contributed by atoms with Gasteiger partial charge in [0.25, 0.3) is 10.2 Å². The maximum absolute atomic E-state index is 11.7. The van der Waals surface area contributed by atoms with Crippen molar-refractivity contribution in [1.29, 1.82) is 0 Å². The van der Waals surface area contributed by atoms with Gasteiger partial charge in [-0.05, 0) is 13.0 Å². The Morgan fingerprint density at radius 2 is 1.88 bits per heavy atom. The first-order valence-corrected chi connectivity index (χ1v) is 7.22. The number of nitrogens with two attached hydrogens (primary N) is 1. The van der Waals surface area contributed by atoms with Gasteiger partial charge in [0.2, 0.25) is 5.91 Å². The summed E-state index contributed by atoms with van der Waals surface area (Å²) in [5.74, 6) is 0.00696. The zero-order valence-electron chi connectivity index (χ0n) is 10.1. The van der Waals surface area contributed by atoms with E-state index < -0.39 is 10.2 Å². The molecule has 1 rings (SSSR count). The van der Waals surface area contributed by atoms with E-state index in [0.29, 0.717) is 19.6 Å². The molecule has 7 nitrogen and oxygen atoms in total. The number of piperazine rings is 1. The molecule has 0 spiro atoms. The third-order valence-electron chi connectivity index (χ3n) is 2.65. The minimum absolute atomic E-state index is 0.00696. The third kappa shape index (κ3) is 4.58. The SMILES string of the molecule is CCCNCC(=O)N1CCN(S(N)(=O)=O)CC1. The van der Waals surface area contributed by atoms with Gasteiger partial charge in [-0.2, -0.15) is 12.7 Å². The highest BCUT2D eigenvalue weighted by Crippen LogP contribution is 2.04. The summed E-state index contributed by atoms with van der Waals surface area (Å²) in [5.41, 5.74) is 0. The first kappa shape index (κ1) is 14.4. The van der Waals surface area contributed by atoms with Crippen molar-refractivity contribution in [3.05, 3.63) is 0 Å². The molecular weight excluding hydrogens is 244 g/mol. The Morgan fingerprint density at radius 3 is 2.35 bits per heavy atom. The molecule has 1 heterocycles. The first-order chi connectivity index (χ1) is 7.95. The molecule has 8 heteroatoms.